The molecule has 0 saturated carbocycles. The topological polar surface area (TPSA) is 78.7 Å². The Hall–Kier alpha value is -1.56. The standard InChI is InChI=1S/C14H14N4OS3/c1-3-20-13-17-18-14(22-13)21-9(2)12(19)16-11-7-5-4-6-10(11)8-15/h4-7,9H,3H2,1-2H3,(H,16,19). The average molecular weight is 350 g/mol. The van der Waals surface area contributed by atoms with Crippen LogP contribution >= 0.6 is 34.9 Å². The number of nitrogens with one attached hydrogen (secondary N) is 1. The second kappa shape index (κ2) is 8.17. The van der Waals surface area contributed by atoms with E-state index in [0.717, 1.165) is 14.4 Å². The molecule has 2 rings (SSSR count). The molecule has 114 valence electrons. The first-order valence-corrected chi connectivity index (χ1v) is 9.25. The fraction of sp³-hybridized carbons (Fsp3) is 0.286. The lowest BCUT2D eigenvalue weighted by atomic mass is 10.2. The van der Waals surface area contributed by atoms with Crippen LogP contribution in [0.4, 0.5) is 5.69 Å². The van der Waals surface area contributed by atoms with Gasteiger partial charge in [0.1, 0.15) is 6.07 Å². The van der Waals surface area contributed by atoms with Gasteiger partial charge in [-0.1, -0.05) is 53.9 Å². The third-order valence-electron chi connectivity index (χ3n) is 2.61. The summed E-state index contributed by atoms with van der Waals surface area (Å²) in [4.78, 5) is 12.2. The normalized spacial score (nSPS) is 11.7. The van der Waals surface area contributed by atoms with E-state index < -0.39 is 0 Å². The van der Waals surface area contributed by atoms with E-state index in [1.807, 2.05) is 6.92 Å². The van der Waals surface area contributed by atoms with Crippen LogP contribution < -0.4 is 5.32 Å². The van der Waals surface area contributed by atoms with Crippen molar-refractivity contribution in [2.45, 2.75) is 27.8 Å². The minimum absolute atomic E-state index is 0.160. The van der Waals surface area contributed by atoms with Gasteiger partial charge in [-0.25, -0.2) is 0 Å². The van der Waals surface area contributed by atoms with E-state index >= 15 is 0 Å². The van der Waals surface area contributed by atoms with Gasteiger partial charge in [0, 0.05) is 0 Å². The number of thioether (sulfide) groups is 2. The summed E-state index contributed by atoms with van der Waals surface area (Å²) in [5, 5.41) is 19.6. The first-order chi connectivity index (χ1) is 10.6. The van der Waals surface area contributed by atoms with Crippen molar-refractivity contribution in [2.75, 3.05) is 11.1 Å². The quantitative estimate of drug-likeness (QED) is 0.801. The van der Waals surface area contributed by atoms with Gasteiger partial charge >= 0.3 is 0 Å². The second-order valence-electron chi connectivity index (χ2n) is 4.17. The molecule has 0 aliphatic rings. The van der Waals surface area contributed by atoms with Crippen molar-refractivity contribution in [3.63, 3.8) is 0 Å². The number of nitrogens with zero attached hydrogens (tertiary/aromatic N) is 3. The maximum Gasteiger partial charge on any atom is 0.237 e. The van der Waals surface area contributed by atoms with Crippen LogP contribution in [0.1, 0.15) is 19.4 Å². The zero-order valence-corrected chi connectivity index (χ0v) is 14.5. The third-order valence-corrected chi connectivity index (χ3v) is 5.73. The second-order valence-corrected chi connectivity index (χ2v) is 8.25. The zero-order valence-electron chi connectivity index (χ0n) is 12.1. The van der Waals surface area contributed by atoms with E-state index in [1.54, 1.807) is 36.0 Å². The van der Waals surface area contributed by atoms with Crippen LogP contribution in [0, 0.1) is 11.3 Å². The number of carbonyl (C=O) groups excluding carboxylic acids is 1. The maximum atomic E-state index is 12.2. The van der Waals surface area contributed by atoms with Crippen molar-refractivity contribution in [3.05, 3.63) is 29.8 Å². The monoisotopic (exact) mass is 350 g/mol. The number of anilines is 1. The predicted molar refractivity (Wildman–Crippen MR) is 91.4 cm³/mol. The summed E-state index contributed by atoms with van der Waals surface area (Å²) in [6.45, 7) is 3.87. The van der Waals surface area contributed by atoms with Crippen LogP contribution in [0.5, 0.6) is 0 Å². The van der Waals surface area contributed by atoms with Crippen LogP contribution in [-0.4, -0.2) is 27.1 Å². The highest BCUT2D eigenvalue weighted by Gasteiger charge is 2.18. The molecule has 0 aliphatic heterocycles. The molecule has 1 aromatic carbocycles. The number of benzene rings is 1. The molecule has 0 bridgehead atoms. The molecule has 1 N–H and O–H groups in total. The Bertz CT molecular complexity index is 695. The number of amides is 1. The SMILES string of the molecule is CCSc1nnc(SC(C)C(=O)Nc2ccccc2C#N)s1. The van der Waals surface area contributed by atoms with E-state index in [1.165, 1.54) is 23.1 Å². The number of para-hydroxylation sites is 1. The van der Waals surface area contributed by atoms with Crippen LogP contribution in [0.2, 0.25) is 0 Å². The lowest BCUT2D eigenvalue weighted by Gasteiger charge is -2.11. The Morgan fingerprint density at radius 3 is 2.86 bits per heavy atom. The van der Waals surface area contributed by atoms with Crippen LogP contribution in [0.15, 0.2) is 32.9 Å². The van der Waals surface area contributed by atoms with Crippen LogP contribution in [0.3, 0.4) is 0 Å². The number of carbonyl (C=O) groups is 1. The van der Waals surface area contributed by atoms with Crippen molar-refractivity contribution in [2.24, 2.45) is 0 Å². The lowest BCUT2D eigenvalue weighted by Crippen LogP contribution is -2.22. The fourth-order valence-electron chi connectivity index (χ4n) is 1.56. The summed E-state index contributed by atoms with van der Waals surface area (Å²) in [5.74, 6) is 0.785. The van der Waals surface area contributed by atoms with Gasteiger partial charge < -0.3 is 5.32 Å². The van der Waals surface area contributed by atoms with Crippen molar-refractivity contribution in [1.29, 1.82) is 5.26 Å². The molecule has 0 saturated heterocycles. The largest absolute Gasteiger partial charge is 0.324 e. The minimum Gasteiger partial charge on any atom is -0.324 e. The van der Waals surface area contributed by atoms with Gasteiger partial charge in [0.05, 0.1) is 16.5 Å². The van der Waals surface area contributed by atoms with E-state index in [4.69, 9.17) is 5.26 Å². The summed E-state index contributed by atoms with van der Waals surface area (Å²) in [5.41, 5.74) is 0.979. The van der Waals surface area contributed by atoms with Crippen molar-refractivity contribution in [3.8, 4) is 6.07 Å². The molecule has 22 heavy (non-hydrogen) atoms. The lowest BCUT2D eigenvalue weighted by molar-refractivity contribution is -0.115. The van der Waals surface area contributed by atoms with Gasteiger partial charge in [0.25, 0.3) is 0 Å². The summed E-state index contributed by atoms with van der Waals surface area (Å²) in [6, 6.07) is 9.00. The Labute approximate surface area is 141 Å². The summed E-state index contributed by atoms with van der Waals surface area (Å²) < 4.78 is 1.68. The highest BCUT2D eigenvalue weighted by Crippen LogP contribution is 2.31. The number of hydrogen-bond acceptors (Lipinski definition) is 7. The van der Waals surface area contributed by atoms with E-state index in [-0.39, 0.29) is 11.2 Å². The molecule has 0 spiro atoms. The van der Waals surface area contributed by atoms with Crippen LogP contribution in [0.25, 0.3) is 0 Å². The molecule has 1 heterocycles. The van der Waals surface area contributed by atoms with Crippen molar-refractivity contribution < 1.29 is 4.79 Å². The van der Waals surface area contributed by atoms with Gasteiger partial charge in [-0.15, -0.1) is 10.2 Å². The van der Waals surface area contributed by atoms with E-state index in [0.29, 0.717) is 11.3 Å². The number of aromatic nitrogens is 2. The van der Waals surface area contributed by atoms with Gasteiger partial charge in [-0.2, -0.15) is 5.26 Å². The highest BCUT2D eigenvalue weighted by atomic mass is 32.2. The molecule has 1 atom stereocenters. The molecule has 1 amide bonds. The van der Waals surface area contributed by atoms with Crippen molar-refractivity contribution in [1.82, 2.24) is 10.2 Å². The van der Waals surface area contributed by atoms with E-state index in [9.17, 15) is 4.79 Å². The van der Waals surface area contributed by atoms with Gasteiger partial charge in [-0.3, -0.25) is 4.79 Å². The van der Waals surface area contributed by atoms with Gasteiger partial charge in [0.2, 0.25) is 5.91 Å². The highest BCUT2D eigenvalue weighted by molar-refractivity contribution is 8.03. The molecule has 1 unspecified atom stereocenters. The van der Waals surface area contributed by atoms with Crippen molar-refractivity contribution >= 4 is 46.5 Å². The number of hydrogen-bond donors (Lipinski definition) is 1. The third kappa shape index (κ3) is 4.47. The summed E-state index contributed by atoms with van der Waals surface area (Å²) >= 11 is 4.49. The summed E-state index contributed by atoms with van der Waals surface area (Å²) in [6.07, 6.45) is 0. The number of nitriles is 1. The van der Waals surface area contributed by atoms with Gasteiger partial charge in [0.15, 0.2) is 8.68 Å². The maximum absolute atomic E-state index is 12.2. The Morgan fingerprint density at radius 1 is 1.41 bits per heavy atom. The first-order valence-electron chi connectivity index (χ1n) is 6.57. The molecule has 8 heteroatoms. The van der Waals surface area contributed by atoms with E-state index in [2.05, 4.69) is 28.5 Å². The van der Waals surface area contributed by atoms with Gasteiger partial charge in [-0.05, 0) is 24.8 Å². The molecule has 2 aromatic rings. The smallest absolute Gasteiger partial charge is 0.237 e. The Balaban J connectivity index is 1.98. The Kier molecular flexibility index (Phi) is 6.24. The fourth-order valence-corrected chi connectivity index (χ4v) is 4.62. The average Bonchev–Trinajstić information content (AvgIpc) is 2.95. The molecule has 5 nitrogen and oxygen atoms in total. The first kappa shape index (κ1) is 16.8. The predicted octanol–water partition coefficient (Wildman–Crippen LogP) is 3.64. The molecule has 0 fully saturated rings. The Morgan fingerprint density at radius 2 is 2.14 bits per heavy atom. The molecular weight excluding hydrogens is 336 g/mol. The minimum atomic E-state index is -0.320. The molecule has 0 radical (unpaired) electrons. The molecule has 1 aromatic heterocycles. The zero-order chi connectivity index (χ0) is 15.9. The van der Waals surface area contributed by atoms with Crippen LogP contribution in [-0.2, 0) is 4.79 Å². The molecular formula is C14H14N4OS3. The molecule has 0 aliphatic carbocycles. The summed E-state index contributed by atoms with van der Waals surface area (Å²) in [7, 11) is 0. The number of rotatable bonds is 6.